The van der Waals surface area contributed by atoms with E-state index in [0.717, 1.165) is 54.1 Å². The zero-order chi connectivity index (χ0) is 18.4. The molecule has 1 atom stereocenters. The lowest BCUT2D eigenvalue weighted by Gasteiger charge is -2.31. The summed E-state index contributed by atoms with van der Waals surface area (Å²) in [6, 6.07) is 15.6. The summed E-state index contributed by atoms with van der Waals surface area (Å²) in [5, 5.41) is 3.78. The SMILES string of the molecule is COc1cccc(CNC(=O)N2CCCCC[C@@H]2c2ccccc2Cl)c1. The topological polar surface area (TPSA) is 41.6 Å². The van der Waals surface area contributed by atoms with Gasteiger partial charge in [-0.05, 0) is 42.2 Å². The lowest BCUT2D eigenvalue weighted by atomic mass is 10.0. The van der Waals surface area contributed by atoms with Gasteiger partial charge in [0.2, 0.25) is 0 Å². The number of ether oxygens (including phenoxy) is 1. The lowest BCUT2D eigenvalue weighted by Crippen LogP contribution is -2.42. The average Bonchev–Trinajstić information content (AvgIpc) is 2.92. The van der Waals surface area contributed by atoms with Gasteiger partial charge in [0.15, 0.2) is 0 Å². The lowest BCUT2D eigenvalue weighted by molar-refractivity contribution is 0.175. The number of methoxy groups -OCH3 is 1. The molecule has 0 aliphatic carbocycles. The van der Waals surface area contributed by atoms with Crippen molar-refractivity contribution in [3.05, 3.63) is 64.7 Å². The summed E-state index contributed by atoms with van der Waals surface area (Å²) in [7, 11) is 1.64. The highest BCUT2D eigenvalue weighted by Crippen LogP contribution is 2.34. The van der Waals surface area contributed by atoms with E-state index in [1.54, 1.807) is 7.11 Å². The minimum Gasteiger partial charge on any atom is -0.497 e. The number of urea groups is 1. The molecule has 2 aromatic rings. The van der Waals surface area contributed by atoms with Crippen molar-refractivity contribution < 1.29 is 9.53 Å². The molecular weight excluding hydrogens is 348 g/mol. The second-order valence-corrected chi connectivity index (χ2v) is 7.00. The van der Waals surface area contributed by atoms with E-state index in [1.165, 1.54) is 0 Å². The van der Waals surface area contributed by atoms with Gasteiger partial charge in [-0.25, -0.2) is 4.79 Å². The molecule has 1 N–H and O–H groups in total. The number of carbonyl (C=O) groups excluding carboxylic acids is 1. The number of halogens is 1. The van der Waals surface area contributed by atoms with Crippen LogP contribution in [0.3, 0.4) is 0 Å². The summed E-state index contributed by atoms with van der Waals surface area (Å²) in [5.74, 6) is 0.792. The van der Waals surface area contributed by atoms with E-state index in [4.69, 9.17) is 16.3 Å². The minimum absolute atomic E-state index is 0.0245. The molecule has 0 aromatic heterocycles. The number of hydrogen-bond donors (Lipinski definition) is 1. The normalized spacial score (nSPS) is 17.5. The zero-order valence-corrected chi connectivity index (χ0v) is 15.8. The van der Waals surface area contributed by atoms with E-state index in [9.17, 15) is 4.79 Å². The van der Waals surface area contributed by atoms with Crippen LogP contribution in [0.1, 0.15) is 42.9 Å². The summed E-state index contributed by atoms with van der Waals surface area (Å²) in [4.78, 5) is 14.9. The molecule has 1 heterocycles. The van der Waals surface area contributed by atoms with Crippen molar-refractivity contribution in [3.63, 3.8) is 0 Å². The fourth-order valence-corrected chi connectivity index (χ4v) is 3.74. The minimum atomic E-state index is -0.0420. The van der Waals surface area contributed by atoms with Gasteiger partial charge in [0.1, 0.15) is 5.75 Å². The molecule has 4 nitrogen and oxygen atoms in total. The number of amides is 2. The van der Waals surface area contributed by atoms with Crippen LogP contribution in [0.25, 0.3) is 0 Å². The molecule has 0 saturated carbocycles. The van der Waals surface area contributed by atoms with Crippen LogP contribution in [-0.2, 0) is 6.54 Å². The average molecular weight is 373 g/mol. The molecule has 1 aliphatic rings. The Morgan fingerprint density at radius 1 is 1.19 bits per heavy atom. The summed E-state index contributed by atoms with van der Waals surface area (Å²) in [6.45, 7) is 1.22. The predicted octanol–water partition coefficient (Wildman–Crippen LogP) is 5.18. The molecule has 0 radical (unpaired) electrons. The van der Waals surface area contributed by atoms with E-state index < -0.39 is 0 Å². The second-order valence-electron chi connectivity index (χ2n) is 6.59. The van der Waals surface area contributed by atoms with Gasteiger partial charge in [-0.1, -0.05) is 54.8 Å². The molecule has 2 amide bonds. The highest BCUT2D eigenvalue weighted by atomic mass is 35.5. The fourth-order valence-electron chi connectivity index (χ4n) is 3.48. The third kappa shape index (κ3) is 4.50. The van der Waals surface area contributed by atoms with Crippen molar-refractivity contribution in [1.82, 2.24) is 10.2 Å². The fraction of sp³-hybridized carbons (Fsp3) is 0.381. The van der Waals surface area contributed by atoms with E-state index >= 15 is 0 Å². The molecule has 1 aliphatic heterocycles. The van der Waals surface area contributed by atoms with Crippen molar-refractivity contribution in [1.29, 1.82) is 0 Å². The Balaban J connectivity index is 1.73. The first kappa shape index (κ1) is 18.6. The molecule has 1 saturated heterocycles. The maximum atomic E-state index is 12.9. The molecule has 138 valence electrons. The predicted molar refractivity (Wildman–Crippen MR) is 105 cm³/mol. The van der Waals surface area contributed by atoms with Crippen molar-refractivity contribution in [2.75, 3.05) is 13.7 Å². The van der Waals surface area contributed by atoms with Crippen LogP contribution < -0.4 is 10.1 Å². The van der Waals surface area contributed by atoms with Gasteiger partial charge < -0.3 is 15.0 Å². The van der Waals surface area contributed by atoms with Crippen LogP contribution in [-0.4, -0.2) is 24.6 Å². The Bertz CT molecular complexity index is 750. The Labute approximate surface area is 160 Å². The molecular formula is C21H25ClN2O2. The smallest absolute Gasteiger partial charge is 0.318 e. The number of nitrogens with one attached hydrogen (secondary N) is 1. The standard InChI is InChI=1S/C21H25ClN2O2/c1-26-17-9-7-8-16(14-17)15-23-21(25)24-13-6-2-3-12-20(24)18-10-4-5-11-19(18)22/h4-5,7-11,14,20H,2-3,6,12-13,15H2,1H3,(H,23,25)/t20-/m1/s1. The molecule has 3 rings (SSSR count). The molecule has 0 bridgehead atoms. The number of likely N-dealkylation sites (tertiary alicyclic amines) is 1. The van der Waals surface area contributed by atoms with Crippen LogP contribution in [0.4, 0.5) is 4.79 Å². The van der Waals surface area contributed by atoms with E-state index in [0.29, 0.717) is 6.54 Å². The van der Waals surface area contributed by atoms with Crippen molar-refractivity contribution in [2.24, 2.45) is 0 Å². The Hall–Kier alpha value is -2.20. The molecule has 1 fully saturated rings. The van der Waals surface area contributed by atoms with Gasteiger partial charge in [-0.2, -0.15) is 0 Å². The largest absolute Gasteiger partial charge is 0.497 e. The van der Waals surface area contributed by atoms with Crippen LogP contribution >= 0.6 is 11.6 Å². The van der Waals surface area contributed by atoms with Gasteiger partial charge in [0.25, 0.3) is 0 Å². The Morgan fingerprint density at radius 3 is 2.85 bits per heavy atom. The van der Waals surface area contributed by atoms with Gasteiger partial charge in [-0.3, -0.25) is 0 Å². The van der Waals surface area contributed by atoms with Crippen LogP contribution in [0, 0.1) is 0 Å². The van der Waals surface area contributed by atoms with Crippen molar-refractivity contribution in [2.45, 2.75) is 38.3 Å². The monoisotopic (exact) mass is 372 g/mol. The van der Waals surface area contributed by atoms with E-state index in [-0.39, 0.29) is 12.1 Å². The highest BCUT2D eigenvalue weighted by molar-refractivity contribution is 6.31. The number of carbonyl (C=O) groups is 1. The van der Waals surface area contributed by atoms with Crippen molar-refractivity contribution >= 4 is 17.6 Å². The van der Waals surface area contributed by atoms with Crippen LogP contribution in [0.15, 0.2) is 48.5 Å². The molecule has 0 unspecified atom stereocenters. The summed E-state index contributed by atoms with van der Waals surface area (Å²) < 4.78 is 5.24. The summed E-state index contributed by atoms with van der Waals surface area (Å²) >= 11 is 6.41. The number of nitrogens with zero attached hydrogens (tertiary/aromatic N) is 1. The van der Waals surface area contributed by atoms with E-state index in [1.807, 2.05) is 53.4 Å². The third-order valence-electron chi connectivity index (χ3n) is 4.86. The first-order chi connectivity index (χ1) is 12.7. The van der Waals surface area contributed by atoms with Gasteiger partial charge >= 0.3 is 6.03 Å². The van der Waals surface area contributed by atoms with E-state index in [2.05, 4.69) is 5.32 Å². The molecule has 0 spiro atoms. The highest BCUT2D eigenvalue weighted by Gasteiger charge is 2.27. The maximum Gasteiger partial charge on any atom is 0.318 e. The summed E-state index contributed by atoms with van der Waals surface area (Å²) in [5.41, 5.74) is 2.05. The third-order valence-corrected chi connectivity index (χ3v) is 5.20. The molecule has 2 aromatic carbocycles. The molecule has 5 heteroatoms. The Kier molecular flexibility index (Phi) is 6.40. The van der Waals surface area contributed by atoms with Gasteiger partial charge in [0.05, 0.1) is 13.2 Å². The quantitative estimate of drug-likeness (QED) is 0.803. The van der Waals surface area contributed by atoms with Crippen molar-refractivity contribution in [3.8, 4) is 5.75 Å². The maximum absolute atomic E-state index is 12.9. The van der Waals surface area contributed by atoms with Crippen LogP contribution in [0.5, 0.6) is 5.75 Å². The van der Waals surface area contributed by atoms with Crippen LogP contribution in [0.2, 0.25) is 5.02 Å². The zero-order valence-electron chi connectivity index (χ0n) is 15.1. The molecule has 26 heavy (non-hydrogen) atoms. The number of rotatable bonds is 4. The number of benzene rings is 2. The van der Waals surface area contributed by atoms with Gasteiger partial charge in [-0.15, -0.1) is 0 Å². The Morgan fingerprint density at radius 2 is 2.04 bits per heavy atom. The second kappa shape index (κ2) is 8.95. The first-order valence-corrected chi connectivity index (χ1v) is 9.48. The van der Waals surface area contributed by atoms with Gasteiger partial charge in [0, 0.05) is 18.1 Å². The summed E-state index contributed by atoms with van der Waals surface area (Å²) in [6.07, 6.45) is 4.21. The first-order valence-electron chi connectivity index (χ1n) is 9.11. The number of hydrogen-bond acceptors (Lipinski definition) is 2.